The zero-order valence-electron chi connectivity index (χ0n) is 16.3. The summed E-state index contributed by atoms with van der Waals surface area (Å²) in [4.78, 5) is 24.8. The first-order valence-corrected chi connectivity index (χ1v) is 9.39. The number of nitrogens with zero attached hydrogens (tertiary/aromatic N) is 1. The topological polar surface area (TPSA) is 83.7 Å². The van der Waals surface area contributed by atoms with Gasteiger partial charge in [-0.2, -0.15) is 5.10 Å². The van der Waals surface area contributed by atoms with Gasteiger partial charge in [-0.05, 0) is 53.6 Å². The minimum Gasteiger partial charge on any atom is -0.459 e. The summed E-state index contributed by atoms with van der Waals surface area (Å²) in [5, 5.41) is 8.87. The highest BCUT2D eigenvalue weighted by molar-refractivity contribution is 6.08. The van der Waals surface area contributed by atoms with Gasteiger partial charge in [0, 0.05) is 11.3 Å². The molecule has 148 valence electrons. The fraction of sp³-hybridized carbons (Fsp3) is 0.0417. The predicted molar refractivity (Wildman–Crippen MR) is 117 cm³/mol. The molecular formula is C24H19N3O3. The second kappa shape index (κ2) is 8.45. The van der Waals surface area contributed by atoms with Crippen LogP contribution in [0.25, 0.3) is 10.8 Å². The van der Waals surface area contributed by atoms with Gasteiger partial charge in [0.2, 0.25) is 0 Å². The number of anilines is 1. The van der Waals surface area contributed by atoms with Gasteiger partial charge < -0.3 is 9.73 Å². The molecule has 0 aliphatic carbocycles. The normalized spacial score (nSPS) is 11.3. The van der Waals surface area contributed by atoms with Crippen molar-refractivity contribution in [3.05, 3.63) is 102 Å². The van der Waals surface area contributed by atoms with Crippen LogP contribution in [0.2, 0.25) is 0 Å². The van der Waals surface area contributed by atoms with Crippen LogP contribution in [0.3, 0.4) is 0 Å². The van der Waals surface area contributed by atoms with Crippen molar-refractivity contribution in [2.75, 3.05) is 5.32 Å². The summed E-state index contributed by atoms with van der Waals surface area (Å²) in [6, 6.07) is 23.7. The lowest BCUT2D eigenvalue weighted by Crippen LogP contribution is -2.19. The molecule has 6 heteroatoms. The van der Waals surface area contributed by atoms with E-state index in [-0.39, 0.29) is 17.6 Å². The summed E-state index contributed by atoms with van der Waals surface area (Å²) in [5.74, 6) is -0.391. The Kier molecular flexibility index (Phi) is 5.39. The molecule has 0 saturated heterocycles. The summed E-state index contributed by atoms with van der Waals surface area (Å²) in [6.45, 7) is 1.79. The van der Waals surface area contributed by atoms with Gasteiger partial charge in [-0.15, -0.1) is 0 Å². The molecule has 1 aromatic heterocycles. The van der Waals surface area contributed by atoms with Crippen molar-refractivity contribution in [2.24, 2.45) is 5.10 Å². The minimum atomic E-state index is -0.337. The van der Waals surface area contributed by atoms with Gasteiger partial charge >= 0.3 is 0 Å². The first-order chi connectivity index (χ1) is 14.6. The van der Waals surface area contributed by atoms with E-state index in [1.54, 1.807) is 43.3 Å². The minimum absolute atomic E-state index is 0.230. The Labute approximate surface area is 173 Å². The molecule has 4 rings (SSSR count). The molecule has 0 aliphatic heterocycles. The highest BCUT2D eigenvalue weighted by Gasteiger charge is 2.11. The van der Waals surface area contributed by atoms with Crippen LogP contribution in [-0.2, 0) is 0 Å². The molecular weight excluding hydrogens is 378 g/mol. The number of rotatable bonds is 5. The van der Waals surface area contributed by atoms with Crippen molar-refractivity contribution in [3.63, 3.8) is 0 Å². The Morgan fingerprint density at radius 1 is 0.867 bits per heavy atom. The average molecular weight is 397 g/mol. The molecule has 0 radical (unpaired) electrons. The third-order valence-corrected chi connectivity index (χ3v) is 4.64. The zero-order valence-corrected chi connectivity index (χ0v) is 16.3. The van der Waals surface area contributed by atoms with Crippen molar-refractivity contribution in [1.29, 1.82) is 0 Å². The van der Waals surface area contributed by atoms with E-state index in [0.717, 1.165) is 16.3 Å². The number of carbonyl (C=O) groups excluding carboxylic acids is 2. The number of furan rings is 1. The van der Waals surface area contributed by atoms with Gasteiger partial charge in [0.15, 0.2) is 5.76 Å². The molecule has 2 N–H and O–H groups in total. The molecule has 0 atom stereocenters. The molecule has 0 aliphatic rings. The maximum absolute atomic E-state index is 12.7. The zero-order chi connectivity index (χ0) is 20.9. The molecule has 0 unspecified atom stereocenters. The molecule has 2 amide bonds. The summed E-state index contributed by atoms with van der Waals surface area (Å²) < 4.78 is 5.10. The van der Waals surface area contributed by atoms with Crippen molar-refractivity contribution < 1.29 is 14.0 Å². The number of hydrogen-bond donors (Lipinski definition) is 2. The highest BCUT2D eigenvalue weighted by atomic mass is 16.3. The van der Waals surface area contributed by atoms with Crippen molar-refractivity contribution in [3.8, 4) is 0 Å². The molecule has 3 aromatic carbocycles. The van der Waals surface area contributed by atoms with Gasteiger partial charge in [0.1, 0.15) is 0 Å². The third kappa shape index (κ3) is 4.12. The number of hydrogen-bond acceptors (Lipinski definition) is 4. The first-order valence-electron chi connectivity index (χ1n) is 9.39. The summed E-state index contributed by atoms with van der Waals surface area (Å²) in [6.07, 6.45) is 1.45. The first kappa shape index (κ1) is 19.1. The number of benzene rings is 3. The van der Waals surface area contributed by atoms with E-state index in [1.807, 2.05) is 42.5 Å². The van der Waals surface area contributed by atoms with Gasteiger partial charge in [0.25, 0.3) is 11.8 Å². The van der Waals surface area contributed by atoms with Crippen LogP contribution in [0.15, 0.2) is 94.6 Å². The van der Waals surface area contributed by atoms with E-state index in [2.05, 4.69) is 15.8 Å². The standard InChI is InChI=1S/C24H19N3O3/c1-16(18-9-4-10-19(15-18)25-24(29)22-13-6-14-30-22)26-27-23(28)21-12-5-8-17-7-2-3-11-20(17)21/h2-15H,1H3,(H,25,29)(H,27,28). The van der Waals surface area contributed by atoms with Gasteiger partial charge in [0.05, 0.1) is 12.0 Å². The Hall–Kier alpha value is -4.19. The molecule has 0 fully saturated rings. The van der Waals surface area contributed by atoms with Crippen LogP contribution in [0.1, 0.15) is 33.4 Å². The van der Waals surface area contributed by atoms with Crippen LogP contribution in [0, 0.1) is 0 Å². The average Bonchev–Trinajstić information content (AvgIpc) is 3.32. The summed E-state index contributed by atoms with van der Waals surface area (Å²) >= 11 is 0. The molecule has 0 saturated carbocycles. The van der Waals surface area contributed by atoms with E-state index in [4.69, 9.17) is 4.42 Å². The molecule has 6 nitrogen and oxygen atoms in total. The Balaban J connectivity index is 1.49. The Morgan fingerprint density at radius 2 is 1.67 bits per heavy atom. The number of carbonyl (C=O) groups is 2. The smallest absolute Gasteiger partial charge is 0.291 e. The Bertz CT molecular complexity index is 1240. The van der Waals surface area contributed by atoms with Crippen molar-refractivity contribution in [1.82, 2.24) is 5.43 Å². The monoisotopic (exact) mass is 397 g/mol. The largest absolute Gasteiger partial charge is 0.459 e. The van der Waals surface area contributed by atoms with Crippen LogP contribution >= 0.6 is 0 Å². The van der Waals surface area contributed by atoms with Gasteiger partial charge in [-0.25, -0.2) is 5.43 Å². The second-order valence-corrected chi connectivity index (χ2v) is 6.68. The SMILES string of the molecule is CC(=NNC(=O)c1cccc2ccccc12)c1cccc(NC(=O)c2ccco2)c1. The van der Waals surface area contributed by atoms with E-state index in [9.17, 15) is 9.59 Å². The van der Waals surface area contributed by atoms with Crippen molar-refractivity contribution in [2.45, 2.75) is 6.92 Å². The number of amides is 2. The van der Waals surface area contributed by atoms with Crippen LogP contribution in [0.4, 0.5) is 5.69 Å². The van der Waals surface area contributed by atoms with E-state index in [0.29, 0.717) is 17.0 Å². The predicted octanol–water partition coefficient (Wildman–Crippen LogP) is 4.84. The number of hydrazone groups is 1. The lowest BCUT2D eigenvalue weighted by molar-refractivity contribution is 0.0955. The van der Waals surface area contributed by atoms with E-state index in [1.165, 1.54) is 6.26 Å². The van der Waals surface area contributed by atoms with E-state index >= 15 is 0 Å². The second-order valence-electron chi connectivity index (χ2n) is 6.68. The van der Waals surface area contributed by atoms with Crippen molar-refractivity contribution >= 4 is 34.0 Å². The lowest BCUT2D eigenvalue weighted by atomic mass is 10.0. The molecule has 0 spiro atoms. The molecule has 30 heavy (non-hydrogen) atoms. The van der Waals surface area contributed by atoms with E-state index < -0.39 is 0 Å². The maximum Gasteiger partial charge on any atom is 0.291 e. The molecule has 0 bridgehead atoms. The van der Waals surface area contributed by atoms with Crippen LogP contribution in [-0.4, -0.2) is 17.5 Å². The quantitative estimate of drug-likeness (QED) is 0.373. The summed E-state index contributed by atoms with van der Waals surface area (Å²) in [5.41, 5.74) is 5.16. The van der Waals surface area contributed by atoms with Crippen LogP contribution in [0.5, 0.6) is 0 Å². The maximum atomic E-state index is 12.7. The molecule has 1 heterocycles. The summed E-state index contributed by atoms with van der Waals surface area (Å²) in [7, 11) is 0. The highest BCUT2D eigenvalue weighted by Crippen LogP contribution is 2.18. The molecule has 4 aromatic rings. The Morgan fingerprint density at radius 3 is 2.50 bits per heavy atom. The number of fused-ring (bicyclic) bond motifs is 1. The number of nitrogens with one attached hydrogen (secondary N) is 2. The van der Waals surface area contributed by atoms with Gasteiger partial charge in [-0.3, -0.25) is 9.59 Å². The van der Waals surface area contributed by atoms with Crippen LogP contribution < -0.4 is 10.7 Å². The third-order valence-electron chi connectivity index (χ3n) is 4.64. The fourth-order valence-corrected chi connectivity index (χ4v) is 3.11. The lowest BCUT2D eigenvalue weighted by Gasteiger charge is -2.08. The fourth-order valence-electron chi connectivity index (χ4n) is 3.11. The van der Waals surface area contributed by atoms with Gasteiger partial charge in [-0.1, -0.05) is 48.5 Å².